The highest BCUT2D eigenvalue weighted by Crippen LogP contribution is 2.27. The van der Waals surface area contributed by atoms with Gasteiger partial charge in [0.15, 0.2) is 0 Å². The molecule has 0 aliphatic rings. The Morgan fingerprint density at radius 3 is 2.62 bits per heavy atom. The first-order valence-electron chi connectivity index (χ1n) is 7.81. The summed E-state index contributed by atoms with van der Waals surface area (Å²) in [6, 6.07) is 8.82. The number of carbonyl (C=O) groups is 1. The fourth-order valence-electron chi connectivity index (χ4n) is 2.62. The summed E-state index contributed by atoms with van der Waals surface area (Å²) in [4.78, 5) is 20.2. The molecule has 1 N–H and O–H groups in total. The number of halogens is 1. The van der Waals surface area contributed by atoms with Crippen LogP contribution in [0.15, 0.2) is 36.5 Å². The van der Waals surface area contributed by atoms with Crippen molar-refractivity contribution < 1.29 is 9.18 Å². The van der Waals surface area contributed by atoms with Crippen molar-refractivity contribution in [2.24, 2.45) is 0 Å². The van der Waals surface area contributed by atoms with Crippen molar-refractivity contribution in [2.45, 2.75) is 27.2 Å². The summed E-state index contributed by atoms with van der Waals surface area (Å²) < 4.78 is 14.1. The molecule has 0 fully saturated rings. The molecule has 1 aromatic carbocycles. The zero-order chi connectivity index (χ0) is 17.3. The zero-order valence-corrected chi connectivity index (χ0v) is 13.9. The first-order chi connectivity index (χ1) is 11.5. The van der Waals surface area contributed by atoms with Crippen LogP contribution in [0, 0.1) is 12.7 Å². The SMILES string of the molecule is CCc1ccc(-c2cc(C)c3cc(F)c(NC(C)=O)cc3n2)nc1. The van der Waals surface area contributed by atoms with Crippen molar-refractivity contribution in [1.29, 1.82) is 0 Å². The van der Waals surface area contributed by atoms with Crippen molar-refractivity contribution in [2.75, 3.05) is 5.32 Å². The number of nitrogens with zero attached hydrogens (tertiary/aromatic N) is 2. The second-order valence-electron chi connectivity index (χ2n) is 5.76. The highest BCUT2D eigenvalue weighted by Gasteiger charge is 2.11. The number of hydrogen-bond donors (Lipinski definition) is 1. The number of amides is 1. The van der Waals surface area contributed by atoms with Crippen LogP contribution in [0.2, 0.25) is 0 Å². The molecule has 3 rings (SSSR count). The standard InChI is InChI=1S/C19H18FN3O/c1-4-13-5-6-16(21-10-13)19-7-11(2)14-8-15(20)18(22-12(3)24)9-17(14)23-19/h5-10H,4H2,1-3H3,(H,22,24). The van der Waals surface area contributed by atoms with Gasteiger partial charge in [0, 0.05) is 18.5 Å². The van der Waals surface area contributed by atoms with Gasteiger partial charge in [-0.25, -0.2) is 9.37 Å². The van der Waals surface area contributed by atoms with Crippen LogP contribution in [-0.2, 0) is 11.2 Å². The average molecular weight is 323 g/mol. The summed E-state index contributed by atoms with van der Waals surface area (Å²) in [7, 11) is 0. The fraction of sp³-hybridized carbons (Fsp3) is 0.211. The summed E-state index contributed by atoms with van der Waals surface area (Å²) in [6.45, 7) is 5.33. The Balaban J connectivity index is 2.13. The van der Waals surface area contributed by atoms with E-state index in [1.54, 1.807) is 6.07 Å². The van der Waals surface area contributed by atoms with E-state index in [1.807, 2.05) is 31.3 Å². The molecule has 0 aliphatic carbocycles. The van der Waals surface area contributed by atoms with Crippen LogP contribution in [0.25, 0.3) is 22.3 Å². The van der Waals surface area contributed by atoms with Gasteiger partial charge in [-0.05, 0) is 48.7 Å². The van der Waals surface area contributed by atoms with Crippen LogP contribution < -0.4 is 5.32 Å². The van der Waals surface area contributed by atoms with Gasteiger partial charge in [0.05, 0.1) is 22.6 Å². The van der Waals surface area contributed by atoms with Crippen molar-refractivity contribution in [3.05, 3.63) is 53.5 Å². The maximum absolute atomic E-state index is 14.1. The van der Waals surface area contributed by atoms with Gasteiger partial charge in [-0.2, -0.15) is 0 Å². The minimum atomic E-state index is -0.472. The van der Waals surface area contributed by atoms with Crippen molar-refractivity contribution >= 4 is 22.5 Å². The molecular weight excluding hydrogens is 305 g/mol. The molecule has 0 aliphatic heterocycles. The van der Waals surface area contributed by atoms with E-state index in [-0.39, 0.29) is 11.6 Å². The minimum absolute atomic E-state index is 0.133. The number of benzene rings is 1. The topological polar surface area (TPSA) is 54.9 Å². The molecule has 5 heteroatoms. The molecule has 0 spiro atoms. The summed E-state index contributed by atoms with van der Waals surface area (Å²) in [5.74, 6) is -0.793. The Morgan fingerprint density at radius 2 is 2.00 bits per heavy atom. The maximum atomic E-state index is 14.1. The molecule has 0 saturated carbocycles. The summed E-state index contributed by atoms with van der Waals surface area (Å²) in [5, 5.41) is 3.21. The average Bonchev–Trinajstić information content (AvgIpc) is 2.56. The minimum Gasteiger partial charge on any atom is -0.324 e. The lowest BCUT2D eigenvalue weighted by Crippen LogP contribution is -2.07. The smallest absolute Gasteiger partial charge is 0.221 e. The van der Waals surface area contributed by atoms with Gasteiger partial charge in [0.1, 0.15) is 5.82 Å². The first kappa shape index (κ1) is 16.1. The lowest BCUT2D eigenvalue weighted by atomic mass is 10.1. The Bertz CT molecular complexity index is 920. The zero-order valence-electron chi connectivity index (χ0n) is 13.9. The Kier molecular flexibility index (Phi) is 4.25. The monoisotopic (exact) mass is 323 g/mol. The number of aromatic nitrogens is 2. The van der Waals surface area contributed by atoms with Crippen molar-refractivity contribution in [3.8, 4) is 11.4 Å². The van der Waals surface area contributed by atoms with Gasteiger partial charge in [-0.3, -0.25) is 9.78 Å². The third-order valence-corrected chi connectivity index (χ3v) is 3.91. The van der Waals surface area contributed by atoms with Crippen LogP contribution in [0.4, 0.5) is 10.1 Å². The van der Waals surface area contributed by atoms with Crippen LogP contribution in [0.5, 0.6) is 0 Å². The second-order valence-corrected chi connectivity index (χ2v) is 5.76. The molecule has 0 bridgehead atoms. The van der Waals surface area contributed by atoms with Gasteiger partial charge in [-0.1, -0.05) is 13.0 Å². The van der Waals surface area contributed by atoms with Crippen LogP contribution in [0.3, 0.4) is 0 Å². The Labute approximate surface area is 139 Å². The van der Waals surface area contributed by atoms with E-state index >= 15 is 0 Å². The normalized spacial score (nSPS) is 10.8. The predicted octanol–water partition coefficient (Wildman–Crippen LogP) is 4.27. The summed E-state index contributed by atoms with van der Waals surface area (Å²) in [5.41, 5.74) is 4.31. The molecule has 0 saturated heterocycles. The highest BCUT2D eigenvalue weighted by molar-refractivity contribution is 5.93. The largest absolute Gasteiger partial charge is 0.324 e. The van der Waals surface area contributed by atoms with E-state index in [9.17, 15) is 9.18 Å². The molecule has 122 valence electrons. The van der Waals surface area contributed by atoms with Crippen molar-refractivity contribution in [1.82, 2.24) is 9.97 Å². The van der Waals surface area contributed by atoms with Gasteiger partial charge < -0.3 is 5.32 Å². The third-order valence-electron chi connectivity index (χ3n) is 3.91. The number of nitrogens with one attached hydrogen (secondary N) is 1. The van der Waals surface area contributed by atoms with Gasteiger partial charge >= 0.3 is 0 Å². The van der Waals surface area contributed by atoms with Crippen molar-refractivity contribution in [3.63, 3.8) is 0 Å². The Morgan fingerprint density at radius 1 is 1.21 bits per heavy atom. The number of pyridine rings is 2. The molecule has 0 unspecified atom stereocenters. The van der Waals surface area contributed by atoms with Crippen LogP contribution in [-0.4, -0.2) is 15.9 Å². The lowest BCUT2D eigenvalue weighted by molar-refractivity contribution is -0.114. The van der Waals surface area contributed by atoms with E-state index in [0.29, 0.717) is 5.52 Å². The number of rotatable bonds is 3. The summed E-state index contributed by atoms with van der Waals surface area (Å²) in [6.07, 6.45) is 2.76. The van der Waals surface area contributed by atoms with E-state index in [1.165, 1.54) is 13.0 Å². The van der Waals surface area contributed by atoms with Crippen LogP contribution in [0.1, 0.15) is 25.0 Å². The molecule has 4 nitrogen and oxygen atoms in total. The van der Waals surface area contributed by atoms with Gasteiger partial charge in [-0.15, -0.1) is 0 Å². The van der Waals surface area contributed by atoms with Gasteiger partial charge in [0.2, 0.25) is 5.91 Å². The molecule has 2 aromatic heterocycles. The second kappa shape index (κ2) is 6.35. The lowest BCUT2D eigenvalue weighted by Gasteiger charge is -2.10. The molecule has 1 amide bonds. The molecule has 3 aromatic rings. The number of fused-ring (bicyclic) bond motifs is 1. The molecule has 24 heavy (non-hydrogen) atoms. The number of hydrogen-bond acceptors (Lipinski definition) is 3. The predicted molar refractivity (Wildman–Crippen MR) is 93.4 cm³/mol. The quantitative estimate of drug-likeness (QED) is 0.783. The molecule has 2 heterocycles. The number of aryl methyl sites for hydroxylation is 2. The molecule has 0 atom stereocenters. The summed E-state index contributed by atoms with van der Waals surface area (Å²) >= 11 is 0. The third kappa shape index (κ3) is 3.11. The van der Waals surface area contributed by atoms with E-state index in [0.717, 1.165) is 34.3 Å². The maximum Gasteiger partial charge on any atom is 0.221 e. The van der Waals surface area contributed by atoms with E-state index in [2.05, 4.69) is 22.2 Å². The number of carbonyl (C=O) groups excluding carboxylic acids is 1. The molecular formula is C19H18FN3O. The number of anilines is 1. The van der Waals surface area contributed by atoms with E-state index < -0.39 is 5.82 Å². The Hall–Kier alpha value is -2.82. The van der Waals surface area contributed by atoms with E-state index in [4.69, 9.17) is 0 Å². The van der Waals surface area contributed by atoms with Crippen LogP contribution >= 0.6 is 0 Å². The highest BCUT2D eigenvalue weighted by atomic mass is 19.1. The molecule has 0 radical (unpaired) electrons. The fourth-order valence-corrected chi connectivity index (χ4v) is 2.62. The van der Waals surface area contributed by atoms with Gasteiger partial charge in [0.25, 0.3) is 0 Å². The first-order valence-corrected chi connectivity index (χ1v) is 7.81.